The van der Waals surface area contributed by atoms with Crippen molar-refractivity contribution in [2.75, 3.05) is 13.6 Å². The molecular weight excluding hydrogens is 218 g/mol. The van der Waals surface area contributed by atoms with Crippen LogP contribution >= 0.6 is 0 Å². The summed E-state index contributed by atoms with van der Waals surface area (Å²) in [6.07, 6.45) is 3.92. The van der Waals surface area contributed by atoms with Crippen LogP contribution in [0.1, 0.15) is 5.69 Å². The lowest BCUT2D eigenvalue weighted by molar-refractivity contribution is 0.308. The van der Waals surface area contributed by atoms with Gasteiger partial charge in [-0.25, -0.2) is 4.98 Å². The number of rotatable bonds is 4. The SMILES string of the molecule is CN(CC(N)=NO)Cc1cn2ccccc2n1. The van der Waals surface area contributed by atoms with Gasteiger partial charge < -0.3 is 15.3 Å². The lowest BCUT2D eigenvalue weighted by Gasteiger charge is -2.13. The van der Waals surface area contributed by atoms with Crippen LogP contribution in [0.2, 0.25) is 0 Å². The van der Waals surface area contributed by atoms with E-state index in [9.17, 15) is 0 Å². The Morgan fingerprint density at radius 2 is 2.41 bits per heavy atom. The molecule has 90 valence electrons. The van der Waals surface area contributed by atoms with E-state index < -0.39 is 0 Å². The van der Waals surface area contributed by atoms with E-state index in [0.29, 0.717) is 13.1 Å². The molecular formula is C11H15N5O. The van der Waals surface area contributed by atoms with Crippen molar-refractivity contribution < 1.29 is 5.21 Å². The minimum absolute atomic E-state index is 0.191. The van der Waals surface area contributed by atoms with Gasteiger partial charge in [-0.05, 0) is 19.2 Å². The summed E-state index contributed by atoms with van der Waals surface area (Å²) in [5.74, 6) is 0.191. The molecule has 2 aromatic rings. The largest absolute Gasteiger partial charge is 0.409 e. The summed E-state index contributed by atoms with van der Waals surface area (Å²) in [5.41, 5.74) is 7.30. The molecule has 6 heteroatoms. The number of aromatic nitrogens is 2. The van der Waals surface area contributed by atoms with Crippen LogP contribution in [0.3, 0.4) is 0 Å². The number of pyridine rings is 1. The van der Waals surface area contributed by atoms with E-state index in [1.165, 1.54) is 0 Å². The number of nitrogens with two attached hydrogens (primary N) is 1. The molecule has 0 aliphatic rings. The predicted molar refractivity (Wildman–Crippen MR) is 64.9 cm³/mol. The molecule has 0 fully saturated rings. The molecule has 2 rings (SSSR count). The summed E-state index contributed by atoms with van der Waals surface area (Å²) >= 11 is 0. The van der Waals surface area contributed by atoms with Crippen LogP contribution in [-0.2, 0) is 6.54 Å². The summed E-state index contributed by atoms with van der Waals surface area (Å²) in [5, 5.41) is 11.4. The van der Waals surface area contributed by atoms with Crippen LogP contribution in [-0.4, -0.2) is 38.9 Å². The molecule has 0 aliphatic carbocycles. The van der Waals surface area contributed by atoms with Crippen LogP contribution < -0.4 is 5.73 Å². The molecule has 2 aromatic heterocycles. The number of amidine groups is 1. The molecule has 0 saturated carbocycles. The van der Waals surface area contributed by atoms with Gasteiger partial charge in [0, 0.05) is 18.9 Å². The maximum atomic E-state index is 8.48. The smallest absolute Gasteiger partial charge is 0.153 e. The van der Waals surface area contributed by atoms with E-state index in [1.54, 1.807) is 0 Å². The van der Waals surface area contributed by atoms with Gasteiger partial charge in [-0.15, -0.1) is 0 Å². The average Bonchev–Trinajstić information content (AvgIpc) is 2.70. The van der Waals surface area contributed by atoms with Crippen molar-refractivity contribution in [1.29, 1.82) is 0 Å². The number of nitrogens with zero attached hydrogens (tertiary/aromatic N) is 4. The highest BCUT2D eigenvalue weighted by molar-refractivity contribution is 5.81. The minimum atomic E-state index is 0.191. The van der Waals surface area contributed by atoms with E-state index in [0.717, 1.165) is 11.3 Å². The number of hydrogen-bond donors (Lipinski definition) is 2. The van der Waals surface area contributed by atoms with Gasteiger partial charge in [0.05, 0.1) is 12.2 Å². The maximum Gasteiger partial charge on any atom is 0.153 e. The lowest BCUT2D eigenvalue weighted by Crippen LogP contribution is -2.30. The van der Waals surface area contributed by atoms with Crippen molar-refractivity contribution in [2.24, 2.45) is 10.9 Å². The molecule has 17 heavy (non-hydrogen) atoms. The number of oxime groups is 1. The van der Waals surface area contributed by atoms with Crippen LogP contribution in [0.15, 0.2) is 35.7 Å². The van der Waals surface area contributed by atoms with Crippen LogP contribution in [0, 0.1) is 0 Å². The second kappa shape index (κ2) is 4.84. The Bertz CT molecular complexity index is 500. The normalized spacial score (nSPS) is 12.5. The topological polar surface area (TPSA) is 79.1 Å². The van der Waals surface area contributed by atoms with Gasteiger partial charge >= 0.3 is 0 Å². The van der Waals surface area contributed by atoms with Crippen molar-refractivity contribution in [3.8, 4) is 0 Å². The van der Waals surface area contributed by atoms with Crippen LogP contribution in [0.4, 0.5) is 0 Å². The standard InChI is InChI=1S/C11H15N5O/c1-15(8-10(12)14-17)6-9-7-16-5-3-2-4-11(16)13-9/h2-5,7,17H,6,8H2,1H3,(H2,12,14). The van der Waals surface area contributed by atoms with Crippen LogP contribution in [0.5, 0.6) is 0 Å². The lowest BCUT2D eigenvalue weighted by atomic mass is 10.4. The average molecular weight is 233 g/mol. The number of imidazole rings is 1. The maximum absolute atomic E-state index is 8.48. The summed E-state index contributed by atoms with van der Waals surface area (Å²) in [7, 11) is 1.89. The highest BCUT2D eigenvalue weighted by Gasteiger charge is 2.06. The Kier molecular flexibility index (Phi) is 3.24. The Morgan fingerprint density at radius 3 is 3.12 bits per heavy atom. The molecule has 3 N–H and O–H groups in total. The third-order valence-electron chi connectivity index (χ3n) is 2.41. The molecule has 0 amide bonds. The quantitative estimate of drug-likeness (QED) is 0.349. The molecule has 0 bridgehead atoms. The fraction of sp³-hybridized carbons (Fsp3) is 0.273. The summed E-state index contributed by atoms with van der Waals surface area (Å²) in [4.78, 5) is 6.39. The third kappa shape index (κ3) is 2.73. The molecule has 0 saturated heterocycles. The van der Waals surface area contributed by atoms with Gasteiger partial charge in [-0.1, -0.05) is 11.2 Å². The molecule has 0 radical (unpaired) electrons. The number of hydrogen-bond acceptors (Lipinski definition) is 4. The van der Waals surface area contributed by atoms with Crippen molar-refractivity contribution in [3.63, 3.8) is 0 Å². The van der Waals surface area contributed by atoms with Gasteiger partial charge in [-0.3, -0.25) is 4.90 Å². The van der Waals surface area contributed by atoms with E-state index in [4.69, 9.17) is 10.9 Å². The van der Waals surface area contributed by atoms with Gasteiger partial charge in [0.1, 0.15) is 5.65 Å². The summed E-state index contributed by atoms with van der Waals surface area (Å²) in [6.45, 7) is 1.06. The summed E-state index contributed by atoms with van der Waals surface area (Å²) < 4.78 is 1.96. The molecule has 6 nitrogen and oxygen atoms in total. The molecule has 0 atom stereocenters. The van der Waals surface area contributed by atoms with Gasteiger partial charge in [0.25, 0.3) is 0 Å². The fourth-order valence-corrected chi connectivity index (χ4v) is 1.70. The molecule has 0 spiro atoms. The Hall–Kier alpha value is -2.08. The second-order valence-electron chi connectivity index (χ2n) is 3.96. The Labute approximate surface area is 99.0 Å². The van der Waals surface area contributed by atoms with Crippen molar-refractivity contribution in [3.05, 3.63) is 36.3 Å². The van der Waals surface area contributed by atoms with E-state index >= 15 is 0 Å². The van der Waals surface area contributed by atoms with E-state index in [1.807, 2.05) is 46.9 Å². The second-order valence-corrected chi connectivity index (χ2v) is 3.96. The van der Waals surface area contributed by atoms with Crippen molar-refractivity contribution in [1.82, 2.24) is 14.3 Å². The van der Waals surface area contributed by atoms with E-state index in [2.05, 4.69) is 10.1 Å². The molecule has 0 aromatic carbocycles. The minimum Gasteiger partial charge on any atom is -0.409 e. The zero-order chi connectivity index (χ0) is 12.3. The monoisotopic (exact) mass is 233 g/mol. The number of fused-ring (bicyclic) bond motifs is 1. The molecule has 0 unspecified atom stereocenters. The predicted octanol–water partition coefficient (Wildman–Crippen LogP) is 0.512. The fourth-order valence-electron chi connectivity index (χ4n) is 1.70. The Balaban J connectivity index is 2.08. The first-order valence-electron chi connectivity index (χ1n) is 5.26. The van der Waals surface area contributed by atoms with Crippen LogP contribution in [0.25, 0.3) is 5.65 Å². The molecule has 0 aliphatic heterocycles. The first-order chi connectivity index (χ1) is 8.19. The highest BCUT2D eigenvalue weighted by atomic mass is 16.4. The number of likely N-dealkylation sites (N-methyl/N-ethyl adjacent to an activating group) is 1. The van der Waals surface area contributed by atoms with E-state index in [-0.39, 0.29) is 5.84 Å². The van der Waals surface area contributed by atoms with Crippen molar-refractivity contribution >= 4 is 11.5 Å². The van der Waals surface area contributed by atoms with Gasteiger partial charge in [0.2, 0.25) is 0 Å². The first kappa shape index (κ1) is 11.4. The van der Waals surface area contributed by atoms with Gasteiger partial charge in [-0.2, -0.15) is 0 Å². The highest BCUT2D eigenvalue weighted by Crippen LogP contribution is 2.06. The Morgan fingerprint density at radius 1 is 1.59 bits per heavy atom. The van der Waals surface area contributed by atoms with Gasteiger partial charge in [0.15, 0.2) is 5.84 Å². The summed E-state index contributed by atoms with van der Waals surface area (Å²) in [6, 6.07) is 5.86. The molecule has 2 heterocycles. The third-order valence-corrected chi connectivity index (χ3v) is 2.41. The van der Waals surface area contributed by atoms with Crippen molar-refractivity contribution in [2.45, 2.75) is 6.54 Å². The zero-order valence-electron chi connectivity index (χ0n) is 9.61. The first-order valence-corrected chi connectivity index (χ1v) is 5.26. The zero-order valence-corrected chi connectivity index (χ0v) is 9.61.